The summed E-state index contributed by atoms with van der Waals surface area (Å²) < 4.78 is 21.6. The molecule has 1 amide bonds. The number of carbonyl (C=O) groups is 2. The van der Waals surface area contributed by atoms with Gasteiger partial charge in [0.05, 0.1) is 49.7 Å². The van der Waals surface area contributed by atoms with Gasteiger partial charge in [-0.3, -0.25) is 4.79 Å². The topological polar surface area (TPSA) is 120 Å². The number of nitrogens with zero attached hydrogens (tertiary/aromatic N) is 2. The Hall–Kier alpha value is -5.10. The SMILES string of the molecule is COc1cc(-c2cc(C(=O)OCC(=O)Nc3cccc(C#N)c3)c3ccccc3n2)cc(OC)c1OC. The van der Waals surface area contributed by atoms with Crippen molar-refractivity contribution < 1.29 is 28.5 Å². The predicted octanol–water partition coefficient (Wildman–Crippen LogP) is 4.59. The van der Waals surface area contributed by atoms with Crippen LogP contribution in [0, 0.1) is 11.3 Å². The Balaban J connectivity index is 1.63. The summed E-state index contributed by atoms with van der Waals surface area (Å²) in [5, 5.41) is 12.2. The lowest BCUT2D eigenvalue weighted by molar-refractivity contribution is -0.119. The number of hydrogen-bond donors (Lipinski definition) is 1. The number of methoxy groups -OCH3 is 3. The fraction of sp³-hybridized carbons (Fsp3) is 0.143. The van der Waals surface area contributed by atoms with Gasteiger partial charge in [0, 0.05) is 16.6 Å². The zero-order valence-corrected chi connectivity index (χ0v) is 20.4. The van der Waals surface area contributed by atoms with E-state index in [-0.39, 0.29) is 5.56 Å². The highest BCUT2D eigenvalue weighted by molar-refractivity contribution is 6.05. The van der Waals surface area contributed by atoms with E-state index in [0.29, 0.717) is 50.7 Å². The van der Waals surface area contributed by atoms with Gasteiger partial charge in [0.25, 0.3) is 5.91 Å². The number of hydrogen-bond acceptors (Lipinski definition) is 8. The van der Waals surface area contributed by atoms with Gasteiger partial charge in [0.1, 0.15) is 0 Å². The Bertz CT molecular complexity index is 1500. The van der Waals surface area contributed by atoms with Crippen LogP contribution in [0.2, 0.25) is 0 Å². The summed E-state index contributed by atoms with van der Waals surface area (Å²) in [4.78, 5) is 30.2. The molecular weight excluding hydrogens is 474 g/mol. The second-order valence-electron chi connectivity index (χ2n) is 7.80. The number of ether oxygens (including phenoxy) is 4. The zero-order chi connectivity index (χ0) is 26.4. The van der Waals surface area contributed by atoms with Gasteiger partial charge in [-0.25, -0.2) is 9.78 Å². The molecule has 0 spiro atoms. The van der Waals surface area contributed by atoms with Crippen LogP contribution in [0.4, 0.5) is 5.69 Å². The van der Waals surface area contributed by atoms with Crippen LogP contribution in [0.3, 0.4) is 0 Å². The molecule has 0 bridgehead atoms. The van der Waals surface area contributed by atoms with Crippen molar-refractivity contribution >= 4 is 28.5 Å². The first-order chi connectivity index (χ1) is 18.0. The van der Waals surface area contributed by atoms with Crippen molar-refractivity contribution in [1.82, 2.24) is 4.98 Å². The van der Waals surface area contributed by atoms with Crippen LogP contribution in [0.5, 0.6) is 17.2 Å². The average Bonchev–Trinajstić information content (AvgIpc) is 2.94. The maximum Gasteiger partial charge on any atom is 0.339 e. The molecule has 3 aromatic carbocycles. The van der Waals surface area contributed by atoms with Gasteiger partial charge in [-0.05, 0) is 42.5 Å². The minimum absolute atomic E-state index is 0.244. The number of pyridine rings is 1. The Morgan fingerprint density at radius 2 is 1.65 bits per heavy atom. The van der Waals surface area contributed by atoms with Crippen LogP contribution in [-0.2, 0) is 9.53 Å². The molecule has 0 aliphatic rings. The highest BCUT2D eigenvalue weighted by Gasteiger charge is 2.19. The van der Waals surface area contributed by atoms with Crippen LogP contribution < -0.4 is 19.5 Å². The van der Waals surface area contributed by atoms with Crippen LogP contribution in [0.1, 0.15) is 15.9 Å². The van der Waals surface area contributed by atoms with Gasteiger partial charge in [-0.1, -0.05) is 24.3 Å². The summed E-state index contributed by atoms with van der Waals surface area (Å²) in [6, 6.07) is 20.6. The third kappa shape index (κ3) is 5.44. The van der Waals surface area contributed by atoms with E-state index in [0.717, 1.165) is 0 Å². The molecular formula is C28H23N3O6. The first-order valence-corrected chi connectivity index (χ1v) is 11.1. The molecule has 1 aromatic heterocycles. The number of esters is 1. The Morgan fingerprint density at radius 1 is 0.919 bits per heavy atom. The predicted molar refractivity (Wildman–Crippen MR) is 137 cm³/mol. The standard InChI is InChI=1S/C28H23N3O6/c1-34-24-12-18(13-25(35-2)27(24)36-3)23-14-21(20-9-4-5-10-22(20)31-23)28(33)37-16-26(32)30-19-8-6-7-17(11-19)15-29/h4-14H,16H2,1-3H3,(H,30,32). The number of para-hydroxylation sites is 1. The highest BCUT2D eigenvalue weighted by Crippen LogP contribution is 2.41. The molecule has 9 heteroatoms. The lowest BCUT2D eigenvalue weighted by atomic mass is 10.0. The third-order valence-corrected chi connectivity index (χ3v) is 5.51. The normalized spacial score (nSPS) is 10.3. The number of amides is 1. The minimum atomic E-state index is -0.687. The fourth-order valence-electron chi connectivity index (χ4n) is 3.79. The number of anilines is 1. The third-order valence-electron chi connectivity index (χ3n) is 5.51. The van der Waals surface area contributed by atoms with E-state index < -0.39 is 18.5 Å². The molecule has 37 heavy (non-hydrogen) atoms. The summed E-state index contributed by atoms with van der Waals surface area (Å²) >= 11 is 0. The second-order valence-corrected chi connectivity index (χ2v) is 7.80. The highest BCUT2D eigenvalue weighted by atomic mass is 16.5. The number of aromatic nitrogens is 1. The smallest absolute Gasteiger partial charge is 0.339 e. The number of carbonyl (C=O) groups excluding carboxylic acids is 2. The summed E-state index contributed by atoms with van der Waals surface area (Å²) in [5.41, 5.74) is 2.75. The van der Waals surface area contributed by atoms with Crippen LogP contribution in [-0.4, -0.2) is 44.8 Å². The molecule has 0 unspecified atom stereocenters. The van der Waals surface area contributed by atoms with Crippen LogP contribution >= 0.6 is 0 Å². The van der Waals surface area contributed by atoms with Crippen molar-refractivity contribution in [2.75, 3.05) is 33.3 Å². The maximum atomic E-state index is 13.1. The second kappa shape index (κ2) is 11.1. The molecule has 0 aliphatic carbocycles. The van der Waals surface area contributed by atoms with Crippen molar-refractivity contribution in [3.8, 4) is 34.6 Å². The van der Waals surface area contributed by atoms with Gasteiger partial charge in [-0.2, -0.15) is 5.26 Å². The average molecular weight is 498 g/mol. The molecule has 0 saturated carbocycles. The first-order valence-electron chi connectivity index (χ1n) is 11.1. The number of nitriles is 1. The summed E-state index contributed by atoms with van der Waals surface area (Å²) in [5.74, 6) is 0.0847. The quantitative estimate of drug-likeness (QED) is 0.351. The van der Waals surface area contributed by atoms with Crippen molar-refractivity contribution in [1.29, 1.82) is 5.26 Å². The number of fused-ring (bicyclic) bond motifs is 1. The summed E-state index contributed by atoms with van der Waals surface area (Å²) in [6.45, 7) is -0.508. The Labute approximate surface area is 213 Å². The fourth-order valence-corrected chi connectivity index (χ4v) is 3.79. The van der Waals surface area contributed by atoms with Crippen LogP contribution in [0.15, 0.2) is 66.7 Å². The lowest BCUT2D eigenvalue weighted by Crippen LogP contribution is -2.21. The molecule has 0 radical (unpaired) electrons. The monoisotopic (exact) mass is 497 g/mol. The van der Waals surface area contributed by atoms with Gasteiger partial charge in [-0.15, -0.1) is 0 Å². The number of benzene rings is 3. The molecule has 9 nitrogen and oxygen atoms in total. The Morgan fingerprint density at radius 3 is 2.32 bits per heavy atom. The lowest BCUT2D eigenvalue weighted by Gasteiger charge is -2.15. The van der Waals surface area contributed by atoms with Crippen molar-refractivity contribution in [2.24, 2.45) is 0 Å². The number of nitrogens with one attached hydrogen (secondary N) is 1. The molecule has 0 fully saturated rings. The largest absolute Gasteiger partial charge is 0.493 e. The van der Waals surface area contributed by atoms with E-state index in [4.69, 9.17) is 29.2 Å². The van der Waals surface area contributed by atoms with E-state index in [2.05, 4.69) is 5.32 Å². The van der Waals surface area contributed by atoms with Crippen molar-refractivity contribution in [3.05, 3.63) is 77.9 Å². The van der Waals surface area contributed by atoms with Crippen LogP contribution in [0.25, 0.3) is 22.2 Å². The molecule has 1 N–H and O–H groups in total. The molecule has 1 heterocycles. The molecule has 4 rings (SSSR count). The molecule has 0 aliphatic heterocycles. The van der Waals surface area contributed by atoms with Gasteiger partial charge >= 0.3 is 5.97 Å². The van der Waals surface area contributed by atoms with E-state index in [9.17, 15) is 9.59 Å². The molecule has 4 aromatic rings. The molecule has 186 valence electrons. The van der Waals surface area contributed by atoms with Gasteiger partial charge in [0.15, 0.2) is 18.1 Å². The van der Waals surface area contributed by atoms with Gasteiger partial charge in [0.2, 0.25) is 5.75 Å². The molecule has 0 atom stereocenters. The van der Waals surface area contributed by atoms with E-state index in [1.165, 1.54) is 27.4 Å². The van der Waals surface area contributed by atoms with Crippen molar-refractivity contribution in [3.63, 3.8) is 0 Å². The summed E-state index contributed by atoms with van der Waals surface area (Å²) in [7, 11) is 4.54. The zero-order valence-electron chi connectivity index (χ0n) is 20.4. The minimum Gasteiger partial charge on any atom is -0.493 e. The maximum absolute atomic E-state index is 13.1. The van der Waals surface area contributed by atoms with E-state index in [1.807, 2.05) is 12.1 Å². The first kappa shape index (κ1) is 25.0. The van der Waals surface area contributed by atoms with Crippen molar-refractivity contribution in [2.45, 2.75) is 0 Å². The van der Waals surface area contributed by atoms with E-state index in [1.54, 1.807) is 54.6 Å². The Kier molecular flexibility index (Phi) is 7.50. The van der Waals surface area contributed by atoms with E-state index >= 15 is 0 Å². The molecule has 0 saturated heterocycles. The number of rotatable bonds is 8. The summed E-state index contributed by atoms with van der Waals surface area (Å²) in [6.07, 6.45) is 0. The van der Waals surface area contributed by atoms with Gasteiger partial charge < -0.3 is 24.3 Å².